The zero-order valence-corrected chi connectivity index (χ0v) is 20.0. The maximum Gasteiger partial charge on any atom is 0.325 e. The van der Waals surface area contributed by atoms with E-state index in [1.54, 1.807) is 0 Å². The van der Waals surface area contributed by atoms with Gasteiger partial charge in [-0.2, -0.15) is 0 Å². The van der Waals surface area contributed by atoms with Crippen molar-refractivity contribution in [3.63, 3.8) is 0 Å². The summed E-state index contributed by atoms with van der Waals surface area (Å²) in [5.41, 5.74) is 0.202. The number of rotatable bonds is 6. The lowest BCUT2D eigenvalue weighted by Crippen LogP contribution is -2.54. The molecule has 2 aromatic rings. The molecule has 1 aromatic heterocycles. The smallest absolute Gasteiger partial charge is 0.323 e. The minimum Gasteiger partial charge on any atom is -0.323 e. The van der Waals surface area contributed by atoms with Crippen molar-refractivity contribution in [2.24, 2.45) is 11.3 Å². The largest absolute Gasteiger partial charge is 0.325 e. The van der Waals surface area contributed by atoms with Gasteiger partial charge in [0.2, 0.25) is 11.0 Å². The Kier molecular flexibility index (Phi) is 6.26. The number of hydrogen-bond donors (Lipinski definition) is 2. The van der Waals surface area contributed by atoms with E-state index in [1.807, 2.05) is 30.3 Å². The van der Waals surface area contributed by atoms with Crippen molar-refractivity contribution in [3.8, 4) is 0 Å². The van der Waals surface area contributed by atoms with Gasteiger partial charge in [0.25, 0.3) is 5.91 Å². The van der Waals surface area contributed by atoms with Gasteiger partial charge in [-0.3, -0.25) is 19.8 Å². The van der Waals surface area contributed by atoms with Crippen molar-refractivity contribution in [2.75, 3.05) is 11.9 Å². The van der Waals surface area contributed by atoms with E-state index in [9.17, 15) is 14.4 Å². The summed E-state index contributed by atoms with van der Waals surface area (Å²) in [6.07, 6.45) is 2.17. The van der Waals surface area contributed by atoms with Crippen LogP contribution >= 0.6 is 23.1 Å². The topological polar surface area (TPSA) is 104 Å². The molecule has 4 amide bonds. The fourth-order valence-corrected chi connectivity index (χ4v) is 6.71. The van der Waals surface area contributed by atoms with Gasteiger partial charge in [-0.05, 0) is 36.2 Å². The van der Waals surface area contributed by atoms with Crippen molar-refractivity contribution in [1.82, 2.24) is 20.4 Å². The Morgan fingerprint density at radius 2 is 2.00 bits per heavy atom. The van der Waals surface area contributed by atoms with Gasteiger partial charge in [-0.15, -0.1) is 10.2 Å². The normalized spacial score (nSPS) is 24.6. The van der Waals surface area contributed by atoms with Gasteiger partial charge in [-0.25, -0.2) is 4.79 Å². The summed E-state index contributed by atoms with van der Waals surface area (Å²) in [5, 5.41) is 14.0. The summed E-state index contributed by atoms with van der Waals surface area (Å²) >= 11 is 2.80. The second-order valence-corrected chi connectivity index (χ2v) is 11.7. The number of anilines is 1. The molecule has 2 N–H and O–H groups in total. The van der Waals surface area contributed by atoms with Crippen molar-refractivity contribution in [3.05, 3.63) is 35.9 Å². The lowest BCUT2D eigenvalue weighted by molar-refractivity contribution is -0.136. The lowest BCUT2D eigenvalue weighted by atomic mass is 9.64. The van der Waals surface area contributed by atoms with Gasteiger partial charge in [0.15, 0.2) is 4.34 Å². The first kappa shape index (κ1) is 22.7. The molecule has 1 aliphatic carbocycles. The van der Waals surface area contributed by atoms with Crippen LogP contribution in [0.3, 0.4) is 0 Å². The van der Waals surface area contributed by atoms with Crippen LogP contribution in [0.1, 0.15) is 45.6 Å². The third-order valence-electron chi connectivity index (χ3n) is 5.78. The summed E-state index contributed by atoms with van der Waals surface area (Å²) in [5.74, 6) is 0.283. The first-order chi connectivity index (χ1) is 15.2. The van der Waals surface area contributed by atoms with Gasteiger partial charge in [0, 0.05) is 5.75 Å². The van der Waals surface area contributed by atoms with Crippen LogP contribution in [-0.2, 0) is 15.3 Å². The van der Waals surface area contributed by atoms with Crippen LogP contribution in [0.5, 0.6) is 0 Å². The van der Waals surface area contributed by atoms with Gasteiger partial charge in [-0.1, -0.05) is 74.2 Å². The molecule has 2 atom stereocenters. The first-order valence-electron chi connectivity index (χ1n) is 10.6. The summed E-state index contributed by atoms with van der Waals surface area (Å²) < 4.78 is 0.733. The summed E-state index contributed by atoms with van der Waals surface area (Å²) in [4.78, 5) is 39.3. The summed E-state index contributed by atoms with van der Waals surface area (Å²) in [6, 6.07) is 9.50. The number of hydrogen-bond acceptors (Lipinski definition) is 7. The van der Waals surface area contributed by atoms with Crippen molar-refractivity contribution < 1.29 is 14.4 Å². The van der Waals surface area contributed by atoms with Crippen molar-refractivity contribution in [1.29, 1.82) is 0 Å². The minimum absolute atomic E-state index is 0.0563. The average Bonchev–Trinajstić information content (AvgIpc) is 3.23. The standard InChI is InChI=1S/C22H27N5O3S2/c1-14-9-21(2,3)13-22(10-14)17(29)27(19(30)24-22)11-16(28)23-18-25-26-20(32-18)31-12-15-7-5-4-6-8-15/h4-8,14H,9-13H2,1-3H3,(H,24,30)(H,23,25,28). The fourth-order valence-electron chi connectivity index (χ4n) is 4.99. The number of thioether (sulfide) groups is 1. The molecule has 0 bridgehead atoms. The van der Waals surface area contributed by atoms with Gasteiger partial charge in [0.1, 0.15) is 12.1 Å². The van der Waals surface area contributed by atoms with Crippen LogP contribution in [0, 0.1) is 11.3 Å². The quantitative estimate of drug-likeness (QED) is 0.375. The van der Waals surface area contributed by atoms with Crippen LogP contribution in [0.2, 0.25) is 0 Å². The van der Waals surface area contributed by atoms with Crippen LogP contribution in [0.25, 0.3) is 0 Å². The van der Waals surface area contributed by atoms with Crippen LogP contribution in [0.4, 0.5) is 9.93 Å². The lowest BCUT2D eigenvalue weighted by Gasteiger charge is -2.43. The van der Waals surface area contributed by atoms with E-state index in [4.69, 9.17) is 0 Å². The van der Waals surface area contributed by atoms with E-state index < -0.39 is 17.5 Å². The van der Waals surface area contributed by atoms with E-state index in [0.717, 1.165) is 21.4 Å². The minimum atomic E-state index is -0.914. The molecule has 8 nitrogen and oxygen atoms in total. The molecule has 170 valence electrons. The van der Waals surface area contributed by atoms with Crippen LogP contribution in [0.15, 0.2) is 34.7 Å². The molecule has 32 heavy (non-hydrogen) atoms. The van der Waals surface area contributed by atoms with E-state index in [-0.39, 0.29) is 17.9 Å². The zero-order chi connectivity index (χ0) is 22.9. The number of carbonyl (C=O) groups excluding carboxylic acids is 3. The average molecular weight is 474 g/mol. The third-order valence-corrected chi connectivity index (χ3v) is 7.83. The molecule has 2 heterocycles. The molecule has 0 radical (unpaired) electrons. The predicted octanol–water partition coefficient (Wildman–Crippen LogP) is 3.91. The molecule has 1 aliphatic heterocycles. The van der Waals surface area contributed by atoms with Crippen molar-refractivity contribution >= 4 is 46.1 Å². The Balaban J connectivity index is 1.35. The molecular weight excluding hydrogens is 446 g/mol. The first-order valence-corrected chi connectivity index (χ1v) is 12.4. The Bertz CT molecular complexity index is 1030. The monoisotopic (exact) mass is 473 g/mol. The molecule has 1 saturated heterocycles. The molecule has 2 fully saturated rings. The third kappa shape index (κ3) is 4.96. The maximum atomic E-state index is 13.2. The maximum absolute atomic E-state index is 13.2. The Hall–Kier alpha value is -2.46. The number of carbonyl (C=O) groups is 3. The Labute approximate surface area is 195 Å². The van der Waals surface area contributed by atoms with Crippen molar-refractivity contribution in [2.45, 2.75) is 55.7 Å². The van der Waals surface area contributed by atoms with E-state index in [1.165, 1.54) is 28.7 Å². The van der Waals surface area contributed by atoms with Crippen LogP contribution in [-0.4, -0.2) is 45.0 Å². The molecule has 1 saturated carbocycles. The highest BCUT2D eigenvalue weighted by Gasteiger charge is 2.56. The number of urea groups is 1. The van der Waals surface area contributed by atoms with Gasteiger partial charge in [0.05, 0.1) is 0 Å². The van der Waals surface area contributed by atoms with Crippen LogP contribution < -0.4 is 10.6 Å². The summed E-state index contributed by atoms with van der Waals surface area (Å²) in [7, 11) is 0. The Morgan fingerprint density at radius 1 is 1.25 bits per heavy atom. The SMILES string of the molecule is CC1CC(C)(C)CC2(C1)NC(=O)N(CC(=O)Nc1nnc(SCc3ccccc3)s1)C2=O. The summed E-state index contributed by atoms with van der Waals surface area (Å²) in [6.45, 7) is 5.98. The highest BCUT2D eigenvalue weighted by molar-refractivity contribution is 8.00. The second-order valence-electron chi connectivity index (χ2n) is 9.45. The molecule has 2 aliphatic rings. The molecular formula is C22H27N5O3S2. The number of nitrogens with zero attached hydrogens (tertiary/aromatic N) is 3. The fraction of sp³-hybridized carbons (Fsp3) is 0.500. The zero-order valence-electron chi connectivity index (χ0n) is 18.4. The van der Waals surface area contributed by atoms with E-state index in [0.29, 0.717) is 23.9 Å². The molecule has 4 rings (SSSR count). The number of benzene rings is 1. The Morgan fingerprint density at radius 3 is 2.72 bits per heavy atom. The highest BCUT2D eigenvalue weighted by Crippen LogP contribution is 2.46. The number of aromatic nitrogens is 2. The molecule has 2 unspecified atom stereocenters. The number of amides is 4. The van der Waals surface area contributed by atoms with E-state index in [2.05, 4.69) is 41.6 Å². The molecule has 1 spiro atoms. The molecule has 10 heteroatoms. The number of nitrogens with one attached hydrogen (secondary N) is 2. The second kappa shape index (κ2) is 8.82. The molecule has 1 aromatic carbocycles. The number of imide groups is 1. The predicted molar refractivity (Wildman–Crippen MR) is 124 cm³/mol. The highest BCUT2D eigenvalue weighted by atomic mass is 32.2. The van der Waals surface area contributed by atoms with Gasteiger partial charge >= 0.3 is 6.03 Å². The van der Waals surface area contributed by atoms with Gasteiger partial charge < -0.3 is 5.32 Å². The van der Waals surface area contributed by atoms with E-state index >= 15 is 0 Å².